The molecule has 0 saturated heterocycles. The first-order valence-corrected chi connectivity index (χ1v) is 11.5. The highest BCUT2D eigenvalue weighted by molar-refractivity contribution is 9.10. The van der Waals surface area contributed by atoms with Crippen LogP contribution >= 0.6 is 63.3 Å². The second-order valence-electron chi connectivity index (χ2n) is 6.24. The highest BCUT2D eigenvalue weighted by Gasteiger charge is 2.13. The fourth-order valence-corrected chi connectivity index (χ4v) is 4.41. The van der Waals surface area contributed by atoms with Gasteiger partial charge in [0.15, 0.2) is 11.5 Å². The molecule has 0 spiro atoms. The zero-order valence-electron chi connectivity index (χ0n) is 16.8. The predicted molar refractivity (Wildman–Crippen MR) is 130 cm³/mol. The molecule has 1 N–H and O–H groups in total. The van der Waals surface area contributed by atoms with E-state index in [1.54, 1.807) is 35.7 Å². The van der Waals surface area contributed by atoms with Crippen LogP contribution in [-0.4, -0.2) is 39.6 Å². The molecule has 1 aromatic heterocycles. The van der Waals surface area contributed by atoms with Gasteiger partial charge in [-0.3, -0.25) is 0 Å². The molecule has 31 heavy (non-hydrogen) atoms. The topological polar surface area (TPSA) is 74.1 Å². The van der Waals surface area contributed by atoms with Crippen LogP contribution in [0.15, 0.2) is 40.0 Å². The summed E-state index contributed by atoms with van der Waals surface area (Å²) in [5.41, 5.74) is 1.91. The molecule has 0 atom stereocenters. The summed E-state index contributed by atoms with van der Waals surface area (Å²) in [6.45, 7) is 1.80. The first kappa shape index (κ1) is 26.0. The van der Waals surface area contributed by atoms with Gasteiger partial charge in [0.2, 0.25) is 5.16 Å². The third-order valence-corrected chi connectivity index (χ3v) is 6.29. The fraction of sp³-hybridized carbons (Fsp3) is 0.316. The number of aromatic nitrogens is 4. The Labute approximate surface area is 209 Å². The average molecular weight is 570 g/mol. The van der Waals surface area contributed by atoms with Crippen LogP contribution in [0.1, 0.15) is 11.1 Å². The summed E-state index contributed by atoms with van der Waals surface area (Å²) in [4.78, 5) is 0. The van der Waals surface area contributed by atoms with Crippen molar-refractivity contribution in [1.82, 2.24) is 25.5 Å². The van der Waals surface area contributed by atoms with Crippen LogP contribution in [0, 0.1) is 0 Å². The zero-order valence-corrected chi connectivity index (χ0v) is 21.5. The Morgan fingerprint density at radius 3 is 2.71 bits per heavy atom. The Balaban J connectivity index is 0.00000341. The number of nitrogens with zero attached hydrogens (tertiary/aromatic N) is 4. The number of methoxy groups -OCH3 is 1. The molecule has 2 aromatic carbocycles. The first-order valence-electron chi connectivity index (χ1n) is 8.97. The lowest BCUT2D eigenvalue weighted by atomic mass is 10.2. The number of benzene rings is 2. The molecule has 3 aromatic rings. The zero-order chi connectivity index (χ0) is 21.5. The van der Waals surface area contributed by atoms with Crippen molar-refractivity contribution in [1.29, 1.82) is 0 Å². The van der Waals surface area contributed by atoms with Crippen molar-refractivity contribution in [3.8, 4) is 11.5 Å². The monoisotopic (exact) mass is 567 g/mol. The Kier molecular flexibility index (Phi) is 10.7. The number of aryl methyl sites for hydroxylation is 1. The van der Waals surface area contributed by atoms with Crippen LogP contribution in [-0.2, 0) is 20.2 Å². The molecule has 0 aliphatic heterocycles. The Morgan fingerprint density at radius 2 is 2.03 bits per heavy atom. The number of thioether (sulfide) groups is 1. The van der Waals surface area contributed by atoms with E-state index in [9.17, 15) is 0 Å². The van der Waals surface area contributed by atoms with Crippen molar-refractivity contribution in [2.75, 3.05) is 19.4 Å². The standard InChI is InChI=1S/C19H20BrCl2N5O2S.ClH/c1-27-19(24-25-26-27)30-6-5-23-10-12-7-15(20)18(17(8-12)28-2)29-11-13-3-4-14(21)9-16(13)22;/h3-4,7-9,23H,5-6,10-11H2,1-2H3;1H. The van der Waals surface area contributed by atoms with Crippen molar-refractivity contribution in [3.05, 3.63) is 56.0 Å². The highest BCUT2D eigenvalue weighted by atomic mass is 79.9. The number of rotatable bonds is 10. The third-order valence-electron chi connectivity index (χ3n) is 4.10. The van der Waals surface area contributed by atoms with Crippen LogP contribution in [0.2, 0.25) is 10.0 Å². The van der Waals surface area contributed by atoms with Crippen LogP contribution in [0.5, 0.6) is 11.5 Å². The molecule has 0 fully saturated rings. The van der Waals surface area contributed by atoms with Crippen molar-refractivity contribution in [2.24, 2.45) is 7.05 Å². The van der Waals surface area contributed by atoms with Gasteiger partial charge in [0, 0.05) is 41.5 Å². The SMILES string of the molecule is COc1cc(CNCCSc2nnnn2C)cc(Br)c1OCc1ccc(Cl)cc1Cl.Cl. The number of hydrogen-bond donors (Lipinski definition) is 1. The molecule has 12 heteroatoms. The minimum Gasteiger partial charge on any atom is -0.493 e. The van der Waals surface area contributed by atoms with Gasteiger partial charge in [-0.15, -0.1) is 17.5 Å². The van der Waals surface area contributed by atoms with E-state index in [1.165, 1.54) is 0 Å². The van der Waals surface area contributed by atoms with Crippen LogP contribution in [0.4, 0.5) is 0 Å². The van der Waals surface area contributed by atoms with Crippen LogP contribution in [0.25, 0.3) is 0 Å². The molecule has 0 unspecified atom stereocenters. The number of hydrogen-bond acceptors (Lipinski definition) is 7. The van der Waals surface area contributed by atoms with Gasteiger partial charge in [0.05, 0.1) is 11.6 Å². The van der Waals surface area contributed by atoms with Crippen LogP contribution in [0.3, 0.4) is 0 Å². The van der Waals surface area contributed by atoms with E-state index in [-0.39, 0.29) is 12.4 Å². The van der Waals surface area contributed by atoms with Gasteiger partial charge >= 0.3 is 0 Å². The van der Waals surface area contributed by atoms with Gasteiger partial charge in [-0.1, -0.05) is 41.0 Å². The number of tetrazole rings is 1. The lowest BCUT2D eigenvalue weighted by molar-refractivity contribution is 0.282. The molecule has 1 heterocycles. The maximum atomic E-state index is 6.23. The summed E-state index contributed by atoms with van der Waals surface area (Å²) in [7, 11) is 3.44. The number of ether oxygens (including phenoxy) is 2. The molecular weight excluding hydrogens is 549 g/mol. The van der Waals surface area contributed by atoms with Crippen molar-refractivity contribution < 1.29 is 9.47 Å². The van der Waals surface area contributed by atoms with E-state index in [0.717, 1.165) is 33.1 Å². The van der Waals surface area contributed by atoms with Crippen molar-refractivity contribution >= 4 is 63.3 Å². The quantitative estimate of drug-likeness (QED) is 0.267. The Hall–Kier alpha value is -1.23. The molecule has 168 valence electrons. The summed E-state index contributed by atoms with van der Waals surface area (Å²) in [5, 5.41) is 16.7. The minimum atomic E-state index is 0. The fourth-order valence-electron chi connectivity index (χ4n) is 2.59. The Bertz CT molecular complexity index is 1010. The summed E-state index contributed by atoms with van der Waals surface area (Å²) in [6.07, 6.45) is 0. The predicted octanol–water partition coefficient (Wildman–Crippen LogP) is 5.17. The van der Waals surface area contributed by atoms with E-state index < -0.39 is 0 Å². The molecule has 0 amide bonds. The molecule has 0 aliphatic carbocycles. The summed E-state index contributed by atoms with van der Waals surface area (Å²) < 4.78 is 14.0. The van der Waals surface area contributed by atoms with E-state index >= 15 is 0 Å². The van der Waals surface area contributed by atoms with E-state index in [4.69, 9.17) is 32.7 Å². The average Bonchev–Trinajstić information content (AvgIpc) is 3.12. The van der Waals surface area contributed by atoms with Gasteiger partial charge in [-0.05, 0) is 56.2 Å². The van der Waals surface area contributed by atoms with Crippen molar-refractivity contribution in [3.63, 3.8) is 0 Å². The second kappa shape index (κ2) is 12.7. The van der Waals surface area contributed by atoms with Gasteiger partial charge in [0.25, 0.3) is 0 Å². The molecule has 0 bridgehead atoms. The summed E-state index contributed by atoms with van der Waals surface area (Å²) >= 11 is 17.4. The van der Waals surface area contributed by atoms with E-state index in [2.05, 4.69) is 36.8 Å². The minimum absolute atomic E-state index is 0. The van der Waals surface area contributed by atoms with E-state index in [0.29, 0.717) is 34.7 Å². The molecule has 7 nitrogen and oxygen atoms in total. The first-order chi connectivity index (χ1) is 14.5. The normalized spacial score (nSPS) is 10.6. The maximum absolute atomic E-state index is 6.23. The smallest absolute Gasteiger partial charge is 0.209 e. The Morgan fingerprint density at radius 1 is 1.23 bits per heavy atom. The van der Waals surface area contributed by atoms with Crippen LogP contribution < -0.4 is 14.8 Å². The second-order valence-corrected chi connectivity index (χ2v) is 9.00. The molecule has 3 rings (SSSR count). The summed E-state index contributed by atoms with van der Waals surface area (Å²) in [6, 6.07) is 9.29. The highest BCUT2D eigenvalue weighted by Crippen LogP contribution is 2.37. The lowest BCUT2D eigenvalue weighted by Crippen LogP contribution is -2.17. The van der Waals surface area contributed by atoms with Gasteiger partial charge in [-0.2, -0.15) is 0 Å². The lowest BCUT2D eigenvalue weighted by Gasteiger charge is -2.15. The number of nitrogens with one attached hydrogen (secondary N) is 1. The van der Waals surface area contributed by atoms with Crippen molar-refractivity contribution in [2.45, 2.75) is 18.3 Å². The third kappa shape index (κ3) is 7.40. The molecular formula is C19H21BrCl3N5O2S. The van der Waals surface area contributed by atoms with Gasteiger partial charge < -0.3 is 14.8 Å². The molecule has 0 aliphatic rings. The molecule has 0 saturated carbocycles. The largest absolute Gasteiger partial charge is 0.493 e. The number of halogens is 4. The molecule has 0 radical (unpaired) electrons. The van der Waals surface area contributed by atoms with E-state index in [1.807, 2.05) is 25.2 Å². The van der Waals surface area contributed by atoms with Gasteiger partial charge in [0.1, 0.15) is 6.61 Å². The summed E-state index contributed by atoms with van der Waals surface area (Å²) in [5.74, 6) is 2.12. The van der Waals surface area contributed by atoms with Gasteiger partial charge in [-0.25, -0.2) is 4.68 Å². The maximum Gasteiger partial charge on any atom is 0.209 e.